The minimum absolute atomic E-state index is 0.0975. The Morgan fingerprint density at radius 1 is 1.37 bits per heavy atom. The third-order valence-electron chi connectivity index (χ3n) is 3.50. The Morgan fingerprint density at radius 2 is 2.05 bits per heavy atom. The lowest BCUT2D eigenvalue weighted by atomic mass is 9.83. The summed E-state index contributed by atoms with van der Waals surface area (Å²) in [5.41, 5.74) is -0.834. The fourth-order valence-corrected chi connectivity index (χ4v) is 2.37. The highest BCUT2D eigenvalue weighted by molar-refractivity contribution is 5.84. The van der Waals surface area contributed by atoms with Crippen LogP contribution in [0.2, 0.25) is 0 Å². The van der Waals surface area contributed by atoms with E-state index in [1.807, 2.05) is 6.92 Å². The van der Waals surface area contributed by atoms with Gasteiger partial charge in [0, 0.05) is 20.1 Å². The van der Waals surface area contributed by atoms with Gasteiger partial charge >= 0.3 is 12.0 Å². The summed E-state index contributed by atoms with van der Waals surface area (Å²) in [5.74, 6) is -1.14. The molecule has 0 aliphatic carbocycles. The van der Waals surface area contributed by atoms with Crippen molar-refractivity contribution in [1.29, 1.82) is 0 Å². The highest BCUT2D eigenvalue weighted by Gasteiger charge is 2.45. The number of carbonyl (C=O) groups excluding carboxylic acids is 2. The number of carboxylic acids is 1. The SMILES string of the molecule is CCCC1(C(=O)O)CCN(C(=O)NCC(=O)NC)C1. The lowest BCUT2D eigenvalue weighted by Gasteiger charge is -2.24. The summed E-state index contributed by atoms with van der Waals surface area (Å²) in [5, 5.41) is 14.2. The van der Waals surface area contributed by atoms with Gasteiger partial charge in [-0.25, -0.2) is 4.79 Å². The van der Waals surface area contributed by atoms with E-state index < -0.39 is 11.4 Å². The molecule has 7 heteroatoms. The van der Waals surface area contributed by atoms with Crippen LogP contribution < -0.4 is 10.6 Å². The molecule has 108 valence electrons. The van der Waals surface area contributed by atoms with Crippen molar-refractivity contribution in [3.63, 3.8) is 0 Å². The molecule has 1 fully saturated rings. The van der Waals surface area contributed by atoms with E-state index in [1.54, 1.807) is 0 Å². The van der Waals surface area contributed by atoms with Crippen LogP contribution in [0.4, 0.5) is 4.79 Å². The van der Waals surface area contributed by atoms with Crippen molar-refractivity contribution in [3.05, 3.63) is 0 Å². The zero-order valence-electron chi connectivity index (χ0n) is 11.4. The number of aliphatic carboxylic acids is 1. The third kappa shape index (κ3) is 3.59. The van der Waals surface area contributed by atoms with Crippen molar-refractivity contribution in [2.75, 3.05) is 26.7 Å². The normalized spacial score (nSPS) is 22.1. The van der Waals surface area contributed by atoms with Gasteiger partial charge in [-0.3, -0.25) is 9.59 Å². The molecule has 7 nitrogen and oxygen atoms in total. The highest BCUT2D eigenvalue weighted by Crippen LogP contribution is 2.35. The van der Waals surface area contributed by atoms with Crippen molar-refractivity contribution < 1.29 is 19.5 Å². The van der Waals surface area contributed by atoms with Crippen molar-refractivity contribution in [3.8, 4) is 0 Å². The number of carboxylic acid groups (broad SMARTS) is 1. The minimum Gasteiger partial charge on any atom is -0.481 e. The lowest BCUT2D eigenvalue weighted by Crippen LogP contribution is -2.44. The molecule has 1 saturated heterocycles. The van der Waals surface area contributed by atoms with Gasteiger partial charge in [-0.15, -0.1) is 0 Å². The molecule has 19 heavy (non-hydrogen) atoms. The van der Waals surface area contributed by atoms with Crippen LogP contribution in [0.1, 0.15) is 26.2 Å². The van der Waals surface area contributed by atoms with Gasteiger partial charge in [0.1, 0.15) is 0 Å². The summed E-state index contributed by atoms with van der Waals surface area (Å²) in [6.07, 6.45) is 1.78. The fourth-order valence-electron chi connectivity index (χ4n) is 2.37. The van der Waals surface area contributed by atoms with Crippen molar-refractivity contribution in [2.45, 2.75) is 26.2 Å². The number of amides is 3. The number of nitrogens with one attached hydrogen (secondary N) is 2. The molecule has 0 aromatic rings. The molecule has 1 unspecified atom stereocenters. The number of nitrogens with zero attached hydrogens (tertiary/aromatic N) is 1. The van der Waals surface area contributed by atoms with Gasteiger partial charge in [-0.1, -0.05) is 13.3 Å². The van der Waals surface area contributed by atoms with Crippen molar-refractivity contribution >= 4 is 17.9 Å². The molecule has 0 aromatic heterocycles. The van der Waals surface area contributed by atoms with E-state index in [1.165, 1.54) is 11.9 Å². The summed E-state index contributed by atoms with van der Waals surface area (Å²) >= 11 is 0. The number of hydrogen-bond donors (Lipinski definition) is 3. The molecule has 1 heterocycles. The maximum absolute atomic E-state index is 11.8. The molecule has 1 aliphatic heterocycles. The van der Waals surface area contributed by atoms with Gasteiger partial charge in [0.2, 0.25) is 5.91 Å². The second-order valence-electron chi connectivity index (χ2n) is 4.84. The Bertz CT molecular complexity index is 372. The summed E-state index contributed by atoms with van der Waals surface area (Å²) in [4.78, 5) is 35.7. The molecule has 0 radical (unpaired) electrons. The molecule has 1 atom stereocenters. The van der Waals surface area contributed by atoms with E-state index in [4.69, 9.17) is 0 Å². The first-order valence-electron chi connectivity index (χ1n) is 6.42. The van der Waals surface area contributed by atoms with Gasteiger partial charge in [0.25, 0.3) is 0 Å². The van der Waals surface area contributed by atoms with Gasteiger partial charge < -0.3 is 20.6 Å². The fraction of sp³-hybridized carbons (Fsp3) is 0.750. The second-order valence-corrected chi connectivity index (χ2v) is 4.84. The second kappa shape index (κ2) is 6.40. The molecule has 3 amide bonds. The average Bonchev–Trinajstić information content (AvgIpc) is 2.81. The summed E-state index contributed by atoms with van der Waals surface area (Å²) in [6, 6.07) is -0.386. The highest BCUT2D eigenvalue weighted by atomic mass is 16.4. The van der Waals surface area contributed by atoms with Crippen LogP contribution >= 0.6 is 0 Å². The average molecular weight is 271 g/mol. The van der Waals surface area contributed by atoms with Gasteiger partial charge in [-0.2, -0.15) is 0 Å². The summed E-state index contributed by atoms with van der Waals surface area (Å²) < 4.78 is 0. The first-order chi connectivity index (χ1) is 8.95. The lowest BCUT2D eigenvalue weighted by molar-refractivity contribution is -0.148. The molecule has 3 N–H and O–H groups in total. The molecule has 0 bridgehead atoms. The quantitative estimate of drug-likeness (QED) is 0.656. The molecule has 0 saturated carbocycles. The number of likely N-dealkylation sites (N-methyl/N-ethyl adjacent to an activating group) is 1. The smallest absolute Gasteiger partial charge is 0.317 e. The molecule has 0 aromatic carbocycles. The van der Waals surface area contributed by atoms with Crippen molar-refractivity contribution in [2.24, 2.45) is 5.41 Å². The molecular formula is C12H21N3O4. The van der Waals surface area contributed by atoms with Crippen LogP contribution in [0, 0.1) is 5.41 Å². The van der Waals surface area contributed by atoms with Crippen LogP contribution in [0.25, 0.3) is 0 Å². The monoisotopic (exact) mass is 271 g/mol. The van der Waals surface area contributed by atoms with E-state index in [0.29, 0.717) is 19.4 Å². The van der Waals surface area contributed by atoms with E-state index in [0.717, 1.165) is 6.42 Å². The summed E-state index contributed by atoms with van der Waals surface area (Å²) in [7, 11) is 1.49. The number of urea groups is 1. The zero-order chi connectivity index (χ0) is 14.5. The van der Waals surface area contributed by atoms with Gasteiger partial charge in [-0.05, 0) is 12.8 Å². The Labute approximate surface area is 112 Å². The predicted octanol–water partition coefficient (Wildman–Crippen LogP) is 0.0188. The maximum Gasteiger partial charge on any atom is 0.317 e. The van der Waals surface area contributed by atoms with E-state index in [9.17, 15) is 19.5 Å². The molecule has 1 aliphatic rings. The first-order valence-corrected chi connectivity index (χ1v) is 6.42. The topological polar surface area (TPSA) is 98.7 Å². The molecule has 0 spiro atoms. The summed E-state index contributed by atoms with van der Waals surface area (Å²) in [6.45, 7) is 2.44. The minimum atomic E-state index is -0.851. The van der Waals surface area contributed by atoms with E-state index >= 15 is 0 Å². The zero-order valence-corrected chi connectivity index (χ0v) is 11.4. The standard InChI is InChI=1S/C12H21N3O4/c1-3-4-12(10(17)18)5-6-15(8-12)11(19)14-7-9(16)13-2/h3-8H2,1-2H3,(H,13,16)(H,14,19)(H,17,18). The Kier molecular flexibility index (Phi) is 5.14. The first kappa shape index (κ1) is 15.3. The number of carbonyl (C=O) groups is 3. The Balaban J connectivity index is 2.56. The Morgan fingerprint density at radius 3 is 2.58 bits per heavy atom. The third-order valence-corrected chi connectivity index (χ3v) is 3.50. The Hall–Kier alpha value is -1.79. The maximum atomic E-state index is 11.8. The van der Waals surface area contributed by atoms with Crippen LogP contribution in [0.3, 0.4) is 0 Å². The van der Waals surface area contributed by atoms with Crippen LogP contribution in [0.5, 0.6) is 0 Å². The van der Waals surface area contributed by atoms with Gasteiger partial charge in [0.15, 0.2) is 0 Å². The van der Waals surface area contributed by atoms with Crippen LogP contribution in [-0.2, 0) is 9.59 Å². The van der Waals surface area contributed by atoms with Crippen LogP contribution in [0.15, 0.2) is 0 Å². The number of rotatable bonds is 5. The number of hydrogen-bond acceptors (Lipinski definition) is 3. The molecular weight excluding hydrogens is 250 g/mol. The molecule has 1 rings (SSSR count). The predicted molar refractivity (Wildman–Crippen MR) is 68.6 cm³/mol. The van der Waals surface area contributed by atoms with E-state index in [2.05, 4.69) is 10.6 Å². The van der Waals surface area contributed by atoms with E-state index in [-0.39, 0.29) is 25.0 Å². The van der Waals surface area contributed by atoms with Crippen LogP contribution in [-0.4, -0.2) is 54.6 Å². The van der Waals surface area contributed by atoms with Gasteiger partial charge in [0.05, 0.1) is 12.0 Å². The largest absolute Gasteiger partial charge is 0.481 e. The number of likely N-dealkylation sites (tertiary alicyclic amines) is 1. The van der Waals surface area contributed by atoms with Crippen molar-refractivity contribution in [1.82, 2.24) is 15.5 Å².